The molecule has 0 unspecified atom stereocenters. The highest BCUT2D eigenvalue weighted by atomic mass is 35.5. The predicted octanol–water partition coefficient (Wildman–Crippen LogP) is 5.94. The summed E-state index contributed by atoms with van der Waals surface area (Å²) in [6.07, 6.45) is 6.16. The first-order chi connectivity index (χ1) is 17.8. The summed E-state index contributed by atoms with van der Waals surface area (Å²) in [4.78, 5) is 43.9. The van der Waals surface area contributed by atoms with E-state index in [1.165, 1.54) is 17.8 Å². The standard InChI is InChI=1S/C28H26Cl2N4O3/c29-20-7-9-23(22(16-20)27(37)33-24-10-8-21(30)17-31-24)32-26(36)18-3-5-19(6-4-18)28(11-12-28)13-15-34-14-1-2-25(34)35/h3-10,16-17H,1-2,11-15H2,(H,32,36)(H,31,33,37). The van der Waals surface area contributed by atoms with Crippen molar-refractivity contribution in [1.82, 2.24) is 9.88 Å². The van der Waals surface area contributed by atoms with E-state index < -0.39 is 5.91 Å². The molecule has 7 nitrogen and oxygen atoms in total. The third-order valence-corrected chi connectivity index (χ3v) is 7.55. The summed E-state index contributed by atoms with van der Waals surface area (Å²) in [6, 6.07) is 15.5. The lowest BCUT2D eigenvalue weighted by Crippen LogP contribution is -2.28. The van der Waals surface area contributed by atoms with E-state index in [1.54, 1.807) is 36.4 Å². The number of hydrogen-bond acceptors (Lipinski definition) is 4. The van der Waals surface area contributed by atoms with E-state index in [-0.39, 0.29) is 22.8 Å². The van der Waals surface area contributed by atoms with Crippen molar-refractivity contribution >= 4 is 52.4 Å². The van der Waals surface area contributed by atoms with E-state index in [0.717, 1.165) is 38.8 Å². The Labute approximate surface area is 225 Å². The lowest BCUT2D eigenvalue weighted by molar-refractivity contribution is -0.127. The number of anilines is 2. The maximum atomic E-state index is 13.0. The summed E-state index contributed by atoms with van der Waals surface area (Å²) in [5, 5.41) is 6.33. The number of benzene rings is 2. The van der Waals surface area contributed by atoms with Crippen molar-refractivity contribution in [2.24, 2.45) is 0 Å². The Hall–Kier alpha value is -3.42. The van der Waals surface area contributed by atoms with Gasteiger partial charge in [0, 0.05) is 36.3 Å². The number of aromatic nitrogens is 1. The van der Waals surface area contributed by atoms with Crippen LogP contribution in [0.5, 0.6) is 0 Å². The van der Waals surface area contributed by atoms with Crippen LogP contribution in [0.4, 0.5) is 11.5 Å². The minimum atomic E-state index is -0.463. The highest BCUT2D eigenvalue weighted by Crippen LogP contribution is 2.51. The Kier molecular flexibility index (Phi) is 7.17. The van der Waals surface area contributed by atoms with Crippen LogP contribution in [0.25, 0.3) is 0 Å². The van der Waals surface area contributed by atoms with Crippen LogP contribution < -0.4 is 10.6 Å². The molecule has 2 aliphatic rings. The van der Waals surface area contributed by atoms with Crippen LogP contribution in [0.1, 0.15) is 58.4 Å². The van der Waals surface area contributed by atoms with Gasteiger partial charge in [0.1, 0.15) is 5.82 Å². The van der Waals surface area contributed by atoms with E-state index >= 15 is 0 Å². The van der Waals surface area contributed by atoms with Gasteiger partial charge >= 0.3 is 0 Å². The van der Waals surface area contributed by atoms with Gasteiger partial charge in [-0.2, -0.15) is 0 Å². The quantitative estimate of drug-likeness (QED) is 0.372. The Bertz CT molecular complexity index is 1340. The van der Waals surface area contributed by atoms with Gasteiger partial charge < -0.3 is 15.5 Å². The molecule has 3 amide bonds. The first-order valence-corrected chi connectivity index (χ1v) is 13.0. The SMILES string of the molecule is O=C(Nc1ccc(Cl)cc1C(=O)Nc1ccc(Cl)cn1)c1ccc(C2(CCN3CCCC3=O)CC2)cc1. The molecule has 0 radical (unpaired) electrons. The van der Waals surface area contributed by atoms with Crippen molar-refractivity contribution in [1.29, 1.82) is 0 Å². The Morgan fingerprint density at radius 3 is 2.35 bits per heavy atom. The second-order valence-corrected chi connectivity index (χ2v) is 10.4. The summed E-state index contributed by atoms with van der Waals surface area (Å²) in [6.45, 7) is 1.64. The largest absolute Gasteiger partial charge is 0.343 e. The average molecular weight is 537 g/mol. The van der Waals surface area contributed by atoms with Crippen molar-refractivity contribution in [3.05, 3.63) is 87.5 Å². The number of carbonyl (C=O) groups is 3. The molecule has 1 aliphatic heterocycles. The van der Waals surface area contributed by atoms with Crippen LogP contribution in [0.2, 0.25) is 10.0 Å². The number of amides is 3. The molecule has 5 rings (SSSR count). The first-order valence-electron chi connectivity index (χ1n) is 12.3. The fraction of sp³-hybridized carbons (Fsp3) is 0.286. The van der Waals surface area contributed by atoms with Crippen LogP contribution in [0.3, 0.4) is 0 Å². The molecule has 190 valence electrons. The maximum Gasteiger partial charge on any atom is 0.258 e. The number of hydrogen-bond donors (Lipinski definition) is 2. The molecule has 1 aromatic heterocycles. The van der Waals surface area contributed by atoms with Crippen LogP contribution >= 0.6 is 23.2 Å². The third kappa shape index (κ3) is 5.78. The van der Waals surface area contributed by atoms with Crippen molar-refractivity contribution in [2.45, 2.75) is 37.5 Å². The summed E-state index contributed by atoms with van der Waals surface area (Å²) in [5.74, 6) is -0.219. The van der Waals surface area contributed by atoms with Gasteiger partial charge in [0.2, 0.25) is 5.91 Å². The van der Waals surface area contributed by atoms with E-state index in [4.69, 9.17) is 23.2 Å². The molecule has 2 aromatic carbocycles. The summed E-state index contributed by atoms with van der Waals surface area (Å²) in [7, 11) is 0. The second-order valence-electron chi connectivity index (χ2n) is 9.55. The minimum Gasteiger partial charge on any atom is -0.343 e. The molecular formula is C28H26Cl2N4O3. The van der Waals surface area contributed by atoms with Gasteiger partial charge in [-0.25, -0.2) is 4.98 Å². The number of carbonyl (C=O) groups excluding carboxylic acids is 3. The molecule has 1 saturated heterocycles. The molecule has 3 aromatic rings. The fourth-order valence-corrected chi connectivity index (χ4v) is 5.02. The molecule has 1 aliphatic carbocycles. The van der Waals surface area contributed by atoms with Crippen molar-refractivity contribution in [2.75, 3.05) is 23.7 Å². The smallest absolute Gasteiger partial charge is 0.258 e. The molecule has 2 fully saturated rings. The summed E-state index contributed by atoms with van der Waals surface area (Å²) < 4.78 is 0. The van der Waals surface area contributed by atoms with E-state index in [2.05, 4.69) is 15.6 Å². The van der Waals surface area contributed by atoms with E-state index in [0.29, 0.717) is 33.5 Å². The molecule has 0 bridgehead atoms. The maximum absolute atomic E-state index is 13.0. The lowest BCUT2D eigenvalue weighted by Gasteiger charge is -2.21. The molecule has 2 heterocycles. The molecule has 0 spiro atoms. The van der Waals surface area contributed by atoms with Gasteiger partial charge in [-0.3, -0.25) is 14.4 Å². The van der Waals surface area contributed by atoms with Gasteiger partial charge in [-0.1, -0.05) is 35.3 Å². The van der Waals surface area contributed by atoms with Gasteiger partial charge in [-0.05, 0) is 79.1 Å². The van der Waals surface area contributed by atoms with Crippen LogP contribution in [0, 0.1) is 0 Å². The van der Waals surface area contributed by atoms with Crippen LogP contribution in [-0.2, 0) is 10.2 Å². The average Bonchev–Trinajstić information content (AvgIpc) is 3.58. The number of nitrogens with zero attached hydrogens (tertiary/aromatic N) is 2. The lowest BCUT2D eigenvalue weighted by atomic mass is 9.91. The third-order valence-electron chi connectivity index (χ3n) is 7.09. The molecule has 9 heteroatoms. The van der Waals surface area contributed by atoms with Crippen LogP contribution in [-0.4, -0.2) is 40.7 Å². The number of likely N-dealkylation sites (tertiary alicyclic amines) is 1. The van der Waals surface area contributed by atoms with Gasteiger partial charge in [0.05, 0.1) is 16.3 Å². The predicted molar refractivity (Wildman–Crippen MR) is 144 cm³/mol. The Balaban J connectivity index is 1.26. The molecule has 37 heavy (non-hydrogen) atoms. The number of rotatable bonds is 8. The molecule has 2 N–H and O–H groups in total. The van der Waals surface area contributed by atoms with Gasteiger partial charge in [0.15, 0.2) is 0 Å². The van der Waals surface area contributed by atoms with E-state index in [1.807, 2.05) is 17.0 Å². The number of halogens is 2. The first kappa shape index (κ1) is 25.2. The highest BCUT2D eigenvalue weighted by molar-refractivity contribution is 6.31. The minimum absolute atomic E-state index is 0.0923. The molecule has 1 saturated carbocycles. The zero-order chi connectivity index (χ0) is 26.0. The van der Waals surface area contributed by atoms with Gasteiger partial charge in [-0.15, -0.1) is 0 Å². The number of pyridine rings is 1. The Morgan fingerprint density at radius 1 is 0.946 bits per heavy atom. The van der Waals surface area contributed by atoms with E-state index in [9.17, 15) is 14.4 Å². The second kappa shape index (κ2) is 10.5. The normalized spacial score (nSPS) is 15.9. The zero-order valence-corrected chi connectivity index (χ0v) is 21.6. The van der Waals surface area contributed by atoms with Crippen molar-refractivity contribution in [3.8, 4) is 0 Å². The van der Waals surface area contributed by atoms with Gasteiger partial charge in [0.25, 0.3) is 11.8 Å². The van der Waals surface area contributed by atoms with Crippen molar-refractivity contribution in [3.63, 3.8) is 0 Å². The highest BCUT2D eigenvalue weighted by Gasteiger charge is 2.44. The Morgan fingerprint density at radius 2 is 1.70 bits per heavy atom. The molecular weight excluding hydrogens is 511 g/mol. The summed E-state index contributed by atoms with van der Waals surface area (Å²) >= 11 is 12.0. The van der Waals surface area contributed by atoms with Crippen molar-refractivity contribution < 1.29 is 14.4 Å². The zero-order valence-electron chi connectivity index (χ0n) is 20.1. The monoisotopic (exact) mass is 536 g/mol. The molecule has 0 atom stereocenters. The van der Waals surface area contributed by atoms with Crippen LogP contribution in [0.15, 0.2) is 60.8 Å². The number of nitrogens with one attached hydrogen (secondary N) is 2. The fourth-order valence-electron chi connectivity index (χ4n) is 4.74. The summed E-state index contributed by atoms with van der Waals surface area (Å²) in [5.41, 5.74) is 2.31. The topological polar surface area (TPSA) is 91.4 Å².